The molecule has 0 amide bonds. The van der Waals surface area contributed by atoms with E-state index in [-0.39, 0.29) is 0 Å². The molecule has 2 rings (SSSR count). The zero-order chi connectivity index (χ0) is 14.5. The van der Waals surface area contributed by atoms with Crippen LogP contribution in [0.15, 0.2) is 6.33 Å². The van der Waals surface area contributed by atoms with Crippen LogP contribution in [0.5, 0.6) is 0 Å². The molecule has 1 aliphatic rings. The van der Waals surface area contributed by atoms with E-state index in [1.165, 1.54) is 18.4 Å². The number of rotatable bonds is 5. The molecule has 0 saturated carbocycles. The minimum atomic E-state index is 0.559. The van der Waals surface area contributed by atoms with E-state index >= 15 is 0 Å². The van der Waals surface area contributed by atoms with Crippen LogP contribution in [0, 0.1) is 5.92 Å². The van der Waals surface area contributed by atoms with Crippen LogP contribution in [-0.4, -0.2) is 29.1 Å². The summed E-state index contributed by atoms with van der Waals surface area (Å²) in [5.41, 5.74) is 1.29. The van der Waals surface area contributed by atoms with Crippen molar-refractivity contribution in [3.05, 3.63) is 11.9 Å². The molecule has 2 unspecified atom stereocenters. The Balaban J connectivity index is 2.36. The van der Waals surface area contributed by atoms with Gasteiger partial charge in [0.2, 0.25) is 0 Å². The first kappa shape index (κ1) is 15.1. The van der Waals surface area contributed by atoms with Crippen molar-refractivity contribution in [2.45, 2.75) is 59.4 Å². The third-order valence-electron chi connectivity index (χ3n) is 4.41. The number of nitrogens with one attached hydrogen (secondary N) is 1. The van der Waals surface area contributed by atoms with E-state index in [9.17, 15) is 0 Å². The molecule has 0 aliphatic carbocycles. The molecule has 0 aromatic carbocycles. The lowest BCUT2D eigenvalue weighted by atomic mass is 9.91. The van der Waals surface area contributed by atoms with E-state index in [1.54, 1.807) is 6.33 Å². The number of hydrogen-bond acceptors (Lipinski definition) is 4. The molecule has 0 radical (unpaired) electrons. The van der Waals surface area contributed by atoms with Crippen LogP contribution in [0.3, 0.4) is 0 Å². The normalized spacial score (nSPS) is 22.9. The van der Waals surface area contributed by atoms with Crippen LogP contribution < -0.4 is 10.2 Å². The summed E-state index contributed by atoms with van der Waals surface area (Å²) in [5, 5.41) is 3.39. The molecule has 4 nitrogen and oxygen atoms in total. The van der Waals surface area contributed by atoms with Gasteiger partial charge in [-0.25, -0.2) is 9.97 Å². The lowest BCUT2D eigenvalue weighted by Crippen LogP contribution is -2.43. The van der Waals surface area contributed by atoms with Crippen LogP contribution in [0.1, 0.15) is 52.5 Å². The van der Waals surface area contributed by atoms with Crippen LogP contribution in [-0.2, 0) is 6.42 Å². The van der Waals surface area contributed by atoms with Crippen molar-refractivity contribution < 1.29 is 0 Å². The molecule has 0 bridgehead atoms. The quantitative estimate of drug-likeness (QED) is 0.894. The topological polar surface area (TPSA) is 41.1 Å². The number of hydrogen-bond donors (Lipinski definition) is 1. The maximum Gasteiger partial charge on any atom is 0.137 e. The van der Waals surface area contributed by atoms with Crippen molar-refractivity contribution in [3.8, 4) is 0 Å². The van der Waals surface area contributed by atoms with E-state index < -0.39 is 0 Å². The summed E-state index contributed by atoms with van der Waals surface area (Å²) in [6.07, 6.45) is 6.45. The van der Waals surface area contributed by atoms with Gasteiger partial charge in [0.25, 0.3) is 0 Å². The zero-order valence-electron chi connectivity index (χ0n) is 13.3. The van der Waals surface area contributed by atoms with Crippen molar-refractivity contribution >= 4 is 11.6 Å². The molecular formula is C16H28N4. The van der Waals surface area contributed by atoms with Crippen LogP contribution in [0.4, 0.5) is 11.6 Å². The fraction of sp³-hybridized carbons (Fsp3) is 0.750. The lowest BCUT2D eigenvalue weighted by molar-refractivity contribution is 0.361. The fourth-order valence-electron chi connectivity index (χ4n) is 3.08. The average Bonchev–Trinajstić information content (AvgIpc) is 2.44. The first-order chi connectivity index (χ1) is 9.69. The third-order valence-corrected chi connectivity index (χ3v) is 4.41. The number of nitrogens with zero attached hydrogens (tertiary/aromatic N) is 3. The smallest absolute Gasteiger partial charge is 0.137 e. The minimum Gasteiger partial charge on any atom is -0.370 e. The van der Waals surface area contributed by atoms with E-state index in [2.05, 4.69) is 47.9 Å². The monoisotopic (exact) mass is 276 g/mol. The predicted molar refractivity (Wildman–Crippen MR) is 85.4 cm³/mol. The summed E-state index contributed by atoms with van der Waals surface area (Å²) in [6.45, 7) is 11.0. The van der Waals surface area contributed by atoms with Gasteiger partial charge in [0, 0.05) is 24.7 Å². The third kappa shape index (κ3) is 3.05. The average molecular weight is 276 g/mol. The highest BCUT2D eigenvalue weighted by molar-refractivity contribution is 5.59. The molecule has 112 valence electrons. The first-order valence-electron chi connectivity index (χ1n) is 8.03. The summed E-state index contributed by atoms with van der Waals surface area (Å²) in [7, 11) is 0. The fourth-order valence-corrected chi connectivity index (χ4v) is 3.08. The Morgan fingerprint density at radius 3 is 2.80 bits per heavy atom. The Labute approximate surface area is 123 Å². The lowest BCUT2D eigenvalue weighted by Gasteiger charge is -2.39. The molecule has 1 fully saturated rings. The second-order valence-corrected chi connectivity index (χ2v) is 5.86. The summed E-state index contributed by atoms with van der Waals surface area (Å²) < 4.78 is 0. The van der Waals surface area contributed by atoms with Gasteiger partial charge in [-0.1, -0.05) is 20.3 Å². The molecule has 2 atom stereocenters. The summed E-state index contributed by atoms with van der Waals surface area (Å²) in [4.78, 5) is 11.5. The number of aromatic nitrogens is 2. The molecular weight excluding hydrogens is 248 g/mol. The molecule has 1 saturated heterocycles. The zero-order valence-corrected chi connectivity index (χ0v) is 13.3. The van der Waals surface area contributed by atoms with Gasteiger partial charge in [0.05, 0.1) is 0 Å². The molecule has 1 aromatic heterocycles. The first-order valence-corrected chi connectivity index (χ1v) is 8.03. The van der Waals surface area contributed by atoms with Crippen LogP contribution >= 0.6 is 0 Å². The Morgan fingerprint density at radius 2 is 2.10 bits per heavy atom. The standard InChI is InChI=1S/C16H28N4/c1-5-8-14-15(17-6-2)18-11-19-16(14)20-10-7-9-12(3)13(20)4/h11-13H,5-10H2,1-4H3,(H,17,18,19). The van der Waals surface area contributed by atoms with Crippen molar-refractivity contribution in [1.29, 1.82) is 0 Å². The highest BCUT2D eigenvalue weighted by atomic mass is 15.2. The Bertz CT molecular complexity index is 432. The second-order valence-electron chi connectivity index (χ2n) is 5.86. The molecule has 1 aromatic rings. The van der Waals surface area contributed by atoms with Gasteiger partial charge in [-0.15, -0.1) is 0 Å². The Kier molecular flexibility index (Phi) is 5.21. The van der Waals surface area contributed by atoms with Gasteiger partial charge < -0.3 is 10.2 Å². The van der Waals surface area contributed by atoms with E-state index in [1.807, 2.05) is 0 Å². The Morgan fingerprint density at radius 1 is 1.30 bits per heavy atom. The van der Waals surface area contributed by atoms with Crippen molar-refractivity contribution in [2.75, 3.05) is 23.3 Å². The van der Waals surface area contributed by atoms with Crippen molar-refractivity contribution in [1.82, 2.24) is 9.97 Å². The Hall–Kier alpha value is -1.32. The van der Waals surface area contributed by atoms with E-state index in [0.717, 1.165) is 43.5 Å². The molecule has 0 spiro atoms. The summed E-state index contributed by atoms with van der Waals surface area (Å²) in [6, 6.07) is 0.559. The highest BCUT2D eigenvalue weighted by Gasteiger charge is 2.28. The highest BCUT2D eigenvalue weighted by Crippen LogP contribution is 2.32. The van der Waals surface area contributed by atoms with E-state index in [4.69, 9.17) is 0 Å². The molecule has 1 N–H and O–H groups in total. The van der Waals surface area contributed by atoms with Gasteiger partial charge >= 0.3 is 0 Å². The van der Waals surface area contributed by atoms with Gasteiger partial charge in [0.1, 0.15) is 18.0 Å². The summed E-state index contributed by atoms with van der Waals surface area (Å²) >= 11 is 0. The van der Waals surface area contributed by atoms with Gasteiger partial charge in [-0.05, 0) is 39.0 Å². The second kappa shape index (κ2) is 6.91. The maximum atomic E-state index is 4.62. The van der Waals surface area contributed by atoms with Gasteiger partial charge in [0.15, 0.2) is 0 Å². The van der Waals surface area contributed by atoms with Crippen molar-refractivity contribution in [2.24, 2.45) is 5.92 Å². The molecule has 4 heteroatoms. The minimum absolute atomic E-state index is 0.559. The van der Waals surface area contributed by atoms with E-state index in [0.29, 0.717) is 6.04 Å². The SMILES string of the molecule is CCCc1c(NCC)ncnc1N1CCCC(C)C1C. The van der Waals surface area contributed by atoms with Crippen LogP contribution in [0.25, 0.3) is 0 Å². The molecule has 20 heavy (non-hydrogen) atoms. The molecule has 2 heterocycles. The summed E-state index contributed by atoms with van der Waals surface area (Å²) in [5.74, 6) is 2.90. The number of anilines is 2. The maximum absolute atomic E-state index is 4.62. The van der Waals surface area contributed by atoms with Crippen molar-refractivity contribution in [3.63, 3.8) is 0 Å². The van der Waals surface area contributed by atoms with Gasteiger partial charge in [-0.2, -0.15) is 0 Å². The largest absolute Gasteiger partial charge is 0.370 e. The van der Waals surface area contributed by atoms with Gasteiger partial charge in [-0.3, -0.25) is 0 Å². The predicted octanol–water partition coefficient (Wildman–Crippen LogP) is 3.49. The van der Waals surface area contributed by atoms with Crippen LogP contribution in [0.2, 0.25) is 0 Å². The molecule has 1 aliphatic heterocycles. The number of piperidine rings is 1.